The van der Waals surface area contributed by atoms with Gasteiger partial charge in [0.15, 0.2) is 0 Å². The molecule has 1 aliphatic rings. The van der Waals surface area contributed by atoms with E-state index in [1.54, 1.807) is 0 Å². The minimum absolute atomic E-state index is 0.250. The minimum atomic E-state index is -0.250. The summed E-state index contributed by atoms with van der Waals surface area (Å²) < 4.78 is 0. The zero-order chi connectivity index (χ0) is 10.2. The SMILES string of the molecule is O=CO.c1cncc(C2CCCN2)c1. The van der Waals surface area contributed by atoms with Crippen LogP contribution in [0.2, 0.25) is 0 Å². The maximum absolute atomic E-state index is 8.36. The van der Waals surface area contributed by atoms with Crippen LogP contribution in [-0.2, 0) is 4.79 Å². The van der Waals surface area contributed by atoms with Gasteiger partial charge in [0.05, 0.1) is 0 Å². The number of carbonyl (C=O) groups is 1. The highest BCUT2D eigenvalue weighted by molar-refractivity contribution is 5.32. The molecule has 2 N–H and O–H groups in total. The molecule has 0 saturated carbocycles. The molecular weight excluding hydrogens is 180 g/mol. The van der Waals surface area contributed by atoms with Crippen molar-refractivity contribution in [3.63, 3.8) is 0 Å². The Kier molecular flexibility index (Phi) is 4.64. The highest BCUT2D eigenvalue weighted by Crippen LogP contribution is 2.21. The van der Waals surface area contributed by atoms with E-state index in [9.17, 15) is 0 Å². The van der Waals surface area contributed by atoms with Crippen LogP contribution in [0.25, 0.3) is 0 Å². The zero-order valence-corrected chi connectivity index (χ0v) is 7.89. The predicted molar refractivity (Wildman–Crippen MR) is 52.9 cm³/mol. The highest BCUT2D eigenvalue weighted by Gasteiger charge is 2.15. The third-order valence-corrected chi connectivity index (χ3v) is 2.15. The van der Waals surface area contributed by atoms with Gasteiger partial charge >= 0.3 is 0 Å². The fraction of sp³-hybridized carbons (Fsp3) is 0.400. The van der Waals surface area contributed by atoms with E-state index in [4.69, 9.17) is 9.90 Å². The molecular formula is C10H14N2O2. The highest BCUT2D eigenvalue weighted by atomic mass is 16.3. The first-order valence-electron chi connectivity index (χ1n) is 4.59. The van der Waals surface area contributed by atoms with Crippen LogP contribution in [0.3, 0.4) is 0 Å². The normalized spacial score (nSPS) is 19.6. The number of nitrogens with one attached hydrogen (secondary N) is 1. The van der Waals surface area contributed by atoms with Crippen molar-refractivity contribution < 1.29 is 9.90 Å². The molecule has 1 unspecified atom stereocenters. The van der Waals surface area contributed by atoms with Crippen molar-refractivity contribution >= 4 is 6.47 Å². The Bertz CT molecular complexity index is 258. The molecule has 0 aliphatic carbocycles. The van der Waals surface area contributed by atoms with Gasteiger partial charge in [-0.15, -0.1) is 0 Å². The molecule has 1 saturated heterocycles. The first kappa shape index (κ1) is 10.7. The van der Waals surface area contributed by atoms with Crippen molar-refractivity contribution in [2.75, 3.05) is 6.54 Å². The summed E-state index contributed by atoms with van der Waals surface area (Å²) in [6.07, 6.45) is 6.31. The second-order valence-electron chi connectivity index (χ2n) is 3.04. The van der Waals surface area contributed by atoms with Gasteiger partial charge in [-0.05, 0) is 31.0 Å². The lowest BCUT2D eigenvalue weighted by molar-refractivity contribution is -0.122. The van der Waals surface area contributed by atoms with Gasteiger partial charge in [0, 0.05) is 18.4 Å². The molecule has 4 heteroatoms. The molecule has 1 aromatic rings. The second kappa shape index (κ2) is 6.10. The lowest BCUT2D eigenvalue weighted by Crippen LogP contribution is -2.12. The summed E-state index contributed by atoms with van der Waals surface area (Å²) in [5, 5.41) is 10.3. The summed E-state index contributed by atoms with van der Waals surface area (Å²) in [6.45, 7) is 0.902. The minimum Gasteiger partial charge on any atom is -0.483 e. The number of hydrogen-bond acceptors (Lipinski definition) is 3. The maximum atomic E-state index is 8.36. The van der Waals surface area contributed by atoms with E-state index in [1.165, 1.54) is 18.4 Å². The van der Waals surface area contributed by atoms with Crippen molar-refractivity contribution in [3.05, 3.63) is 30.1 Å². The molecule has 14 heavy (non-hydrogen) atoms. The molecule has 1 atom stereocenters. The van der Waals surface area contributed by atoms with Crippen LogP contribution in [-0.4, -0.2) is 23.1 Å². The summed E-state index contributed by atoms with van der Waals surface area (Å²) in [4.78, 5) is 12.5. The van der Waals surface area contributed by atoms with Gasteiger partial charge in [0.2, 0.25) is 0 Å². The smallest absolute Gasteiger partial charge is 0.290 e. The van der Waals surface area contributed by atoms with E-state index >= 15 is 0 Å². The average molecular weight is 194 g/mol. The molecule has 0 spiro atoms. The Labute approximate surface area is 83.0 Å². The van der Waals surface area contributed by atoms with Crippen LogP contribution in [0.1, 0.15) is 24.4 Å². The molecule has 0 radical (unpaired) electrons. The molecule has 2 heterocycles. The van der Waals surface area contributed by atoms with Gasteiger partial charge in [-0.25, -0.2) is 0 Å². The third-order valence-electron chi connectivity index (χ3n) is 2.15. The van der Waals surface area contributed by atoms with Gasteiger partial charge < -0.3 is 10.4 Å². The van der Waals surface area contributed by atoms with Crippen molar-refractivity contribution in [3.8, 4) is 0 Å². The van der Waals surface area contributed by atoms with Gasteiger partial charge in [-0.3, -0.25) is 9.78 Å². The number of hydrogen-bond donors (Lipinski definition) is 2. The Hall–Kier alpha value is -1.42. The number of rotatable bonds is 1. The monoisotopic (exact) mass is 194 g/mol. The first-order valence-corrected chi connectivity index (χ1v) is 4.59. The number of aromatic nitrogens is 1. The predicted octanol–water partition coefficient (Wildman–Crippen LogP) is 1.21. The Morgan fingerprint density at radius 2 is 2.43 bits per heavy atom. The molecule has 1 aromatic heterocycles. The van der Waals surface area contributed by atoms with Crippen LogP contribution < -0.4 is 5.32 Å². The standard InChI is InChI=1S/C9H12N2.CH2O2/c1-3-8(7-10-5-1)9-4-2-6-11-9;2-1-3/h1,3,5,7,9,11H,2,4,6H2;1H,(H,2,3). The Morgan fingerprint density at radius 1 is 1.64 bits per heavy atom. The zero-order valence-electron chi connectivity index (χ0n) is 7.89. The molecule has 0 bridgehead atoms. The summed E-state index contributed by atoms with van der Waals surface area (Å²) in [7, 11) is 0. The second-order valence-corrected chi connectivity index (χ2v) is 3.04. The molecule has 0 amide bonds. The number of pyridine rings is 1. The molecule has 0 aromatic carbocycles. The number of nitrogens with zero attached hydrogens (tertiary/aromatic N) is 1. The van der Waals surface area contributed by atoms with Crippen LogP contribution >= 0.6 is 0 Å². The van der Waals surface area contributed by atoms with E-state index in [-0.39, 0.29) is 6.47 Å². The van der Waals surface area contributed by atoms with Crippen LogP contribution in [0, 0.1) is 0 Å². The van der Waals surface area contributed by atoms with Gasteiger partial charge in [0.1, 0.15) is 0 Å². The molecule has 1 fully saturated rings. The lowest BCUT2D eigenvalue weighted by Gasteiger charge is -2.08. The quantitative estimate of drug-likeness (QED) is 0.659. The van der Waals surface area contributed by atoms with Crippen molar-refractivity contribution in [1.29, 1.82) is 0 Å². The maximum Gasteiger partial charge on any atom is 0.290 e. The molecule has 1 aliphatic heterocycles. The van der Waals surface area contributed by atoms with E-state index in [1.807, 2.05) is 18.5 Å². The van der Waals surface area contributed by atoms with E-state index < -0.39 is 0 Å². The van der Waals surface area contributed by atoms with Crippen LogP contribution in [0.4, 0.5) is 0 Å². The van der Waals surface area contributed by atoms with Crippen LogP contribution in [0.15, 0.2) is 24.5 Å². The molecule has 76 valence electrons. The fourth-order valence-corrected chi connectivity index (χ4v) is 1.55. The molecule has 4 nitrogen and oxygen atoms in total. The van der Waals surface area contributed by atoms with Gasteiger partial charge in [-0.2, -0.15) is 0 Å². The first-order chi connectivity index (χ1) is 6.88. The Morgan fingerprint density at radius 3 is 2.93 bits per heavy atom. The number of carboxylic acid groups (broad SMARTS) is 1. The molecule has 2 rings (SSSR count). The summed E-state index contributed by atoms with van der Waals surface area (Å²) in [6, 6.07) is 4.69. The fourth-order valence-electron chi connectivity index (χ4n) is 1.55. The van der Waals surface area contributed by atoms with Crippen molar-refractivity contribution in [2.24, 2.45) is 0 Å². The lowest BCUT2D eigenvalue weighted by atomic mass is 10.1. The summed E-state index contributed by atoms with van der Waals surface area (Å²) >= 11 is 0. The topological polar surface area (TPSA) is 62.2 Å². The summed E-state index contributed by atoms with van der Waals surface area (Å²) in [5.41, 5.74) is 1.32. The van der Waals surface area contributed by atoms with E-state index in [0.717, 1.165) is 6.54 Å². The van der Waals surface area contributed by atoms with E-state index in [0.29, 0.717) is 6.04 Å². The Balaban J connectivity index is 0.000000293. The van der Waals surface area contributed by atoms with E-state index in [2.05, 4.69) is 16.4 Å². The van der Waals surface area contributed by atoms with Crippen LogP contribution in [0.5, 0.6) is 0 Å². The average Bonchev–Trinajstić information content (AvgIpc) is 2.73. The largest absolute Gasteiger partial charge is 0.483 e. The summed E-state index contributed by atoms with van der Waals surface area (Å²) in [5.74, 6) is 0. The van der Waals surface area contributed by atoms with Gasteiger partial charge in [0.25, 0.3) is 6.47 Å². The third kappa shape index (κ3) is 3.14. The van der Waals surface area contributed by atoms with Gasteiger partial charge in [-0.1, -0.05) is 6.07 Å². The van der Waals surface area contributed by atoms with Crippen molar-refractivity contribution in [2.45, 2.75) is 18.9 Å². The van der Waals surface area contributed by atoms with Crippen molar-refractivity contribution in [1.82, 2.24) is 10.3 Å².